The minimum atomic E-state index is -3.58. The monoisotopic (exact) mass is 577 g/mol. The van der Waals surface area contributed by atoms with Crippen molar-refractivity contribution in [3.63, 3.8) is 0 Å². The van der Waals surface area contributed by atoms with Crippen molar-refractivity contribution < 1.29 is 22.7 Å². The number of hydrogen-bond donors (Lipinski definition) is 1. The number of carbonyl (C=O) groups excluding carboxylic acids is 2. The largest absolute Gasteiger partial charge is 0.427 e. The number of esters is 1. The molecule has 0 bridgehead atoms. The van der Waals surface area contributed by atoms with Crippen molar-refractivity contribution in [2.45, 2.75) is 64.6 Å². The van der Waals surface area contributed by atoms with Gasteiger partial charge in [0.05, 0.1) is 4.90 Å². The predicted octanol–water partition coefficient (Wildman–Crippen LogP) is 4.70. The van der Waals surface area contributed by atoms with Crippen molar-refractivity contribution in [3.8, 4) is 5.75 Å². The van der Waals surface area contributed by atoms with Crippen LogP contribution in [-0.4, -0.2) is 54.7 Å². The van der Waals surface area contributed by atoms with Gasteiger partial charge in [0.15, 0.2) is 0 Å². The summed E-state index contributed by atoms with van der Waals surface area (Å²) in [5, 5.41) is 3.04. The number of fused-ring (bicyclic) bond motifs is 1. The second kappa shape index (κ2) is 12.5. The van der Waals surface area contributed by atoms with Gasteiger partial charge in [0.25, 0.3) is 5.91 Å². The normalized spacial score (nSPS) is 14.0. The van der Waals surface area contributed by atoms with Gasteiger partial charge in [-0.25, -0.2) is 8.42 Å². The van der Waals surface area contributed by atoms with E-state index in [4.69, 9.17) is 4.74 Å². The van der Waals surface area contributed by atoms with Crippen molar-refractivity contribution in [3.05, 3.63) is 94.5 Å². The Morgan fingerprint density at radius 1 is 0.976 bits per heavy atom. The van der Waals surface area contributed by atoms with Gasteiger partial charge in [-0.15, -0.1) is 0 Å². The van der Waals surface area contributed by atoms with Crippen LogP contribution in [0.15, 0.2) is 71.6 Å². The van der Waals surface area contributed by atoms with E-state index in [9.17, 15) is 18.0 Å². The number of ether oxygens (including phenoxy) is 1. The van der Waals surface area contributed by atoms with Crippen molar-refractivity contribution >= 4 is 21.9 Å². The Kier molecular flexibility index (Phi) is 9.31. The van der Waals surface area contributed by atoms with Gasteiger partial charge < -0.3 is 10.1 Å². The average molecular weight is 578 g/mol. The SMILES string of the molecule is CC(=O)Oc1ccc(CN(CCNC(=O)c2ccc3c(c2)CCN(S(=O)(=O)c2ccc(C)cc2)C3)C(C)(C)C)cc1. The quantitative estimate of drug-likeness (QED) is 0.293. The minimum Gasteiger partial charge on any atom is -0.427 e. The highest BCUT2D eigenvalue weighted by molar-refractivity contribution is 7.89. The third kappa shape index (κ3) is 7.81. The van der Waals surface area contributed by atoms with Gasteiger partial charge >= 0.3 is 5.97 Å². The van der Waals surface area contributed by atoms with Crippen molar-refractivity contribution in [1.82, 2.24) is 14.5 Å². The Morgan fingerprint density at radius 3 is 2.29 bits per heavy atom. The fraction of sp³-hybridized carbons (Fsp3) is 0.375. The van der Waals surface area contributed by atoms with E-state index in [2.05, 4.69) is 31.0 Å². The molecule has 0 unspecified atom stereocenters. The first kappa shape index (κ1) is 30.4. The second-order valence-electron chi connectivity index (χ2n) is 11.5. The summed E-state index contributed by atoms with van der Waals surface area (Å²) in [6.45, 7) is 12.2. The molecule has 41 heavy (non-hydrogen) atoms. The fourth-order valence-electron chi connectivity index (χ4n) is 4.84. The number of benzene rings is 3. The maximum atomic E-state index is 13.1. The van der Waals surface area contributed by atoms with Crippen molar-refractivity contribution in [2.24, 2.45) is 0 Å². The summed E-state index contributed by atoms with van der Waals surface area (Å²) in [6, 6.07) is 19.9. The molecule has 1 heterocycles. The Morgan fingerprint density at radius 2 is 1.66 bits per heavy atom. The molecule has 0 atom stereocenters. The summed E-state index contributed by atoms with van der Waals surface area (Å²) in [5.41, 5.74) is 4.45. The van der Waals surface area contributed by atoms with Gasteiger partial charge in [0.2, 0.25) is 10.0 Å². The lowest BCUT2D eigenvalue weighted by atomic mass is 9.98. The third-order valence-electron chi connectivity index (χ3n) is 7.28. The van der Waals surface area contributed by atoms with Crippen LogP contribution in [0.4, 0.5) is 0 Å². The van der Waals surface area contributed by atoms with Crippen molar-refractivity contribution in [2.75, 3.05) is 19.6 Å². The highest BCUT2D eigenvalue weighted by Crippen LogP contribution is 2.26. The molecule has 0 aliphatic carbocycles. The van der Waals surface area contributed by atoms with Crippen LogP contribution in [0.5, 0.6) is 5.75 Å². The molecule has 4 rings (SSSR count). The predicted molar refractivity (Wildman–Crippen MR) is 159 cm³/mol. The number of nitrogens with zero attached hydrogens (tertiary/aromatic N) is 2. The molecule has 1 N–H and O–H groups in total. The molecule has 0 saturated carbocycles. The smallest absolute Gasteiger partial charge is 0.308 e. The molecule has 0 saturated heterocycles. The molecule has 3 aromatic rings. The molecule has 218 valence electrons. The van der Waals surface area contributed by atoms with E-state index in [-0.39, 0.29) is 24.0 Å². The van der Waals surface area contributed by atoms with Crippen LogP contribution in [0, 0.1) is 6.92 Å². The molecular formula is C32H39N3O5S. The van der Waals surface area contributed by atoms with Crippen LogP contribution < -0.4 is 10.1 Å². The first-order valence-electron chi connectivity index (χ1n) is 13.8. The maximum absolute atomic E-state index is 13.1. The van der Waals surface area contributed by atoms with Crippen LogP contribution >= 0.6 is 0 Å². The van der Waals surface area contributed by atoms with Crippen LogP contribution in [0.2, 0.25) is 0 Å². The van der Waals surface area contributed by atoms with Gasteiger partial charge in [0.1, 0.15) is 5.75 Å². The summed E-state index contributed by atoms with van der Waals surface area (Å²) >= 11 is 0. The van der Waals surface area contributed by atoms with E-state index in [0.29, 0.717) is 48.8 Å². The van der Waals surface area contributed by atoms with Gasteiger partial charge in [0, 0.05) is 50.7 Å². The van der Waals surface area contributed by atoms with Crippen LogP contribution in [-0.2, 0) is 34.3 Å². The van der Waals surface area contributed by atoms with Gasteiger partial charge in [-0.2, -0.15) is 4.31 Å². The Hall–Kier alpha value is -3.53. The molecule has 0 radical (unpaired) electrons. The molecule has 1 aliphatic rings. The molecule has 0 spiro atoms. The fourth-order valence-corrected chi connectivity index (χ4v) is 6.26. The lowest BCUT2D eigenvalue weighted by molar-refractivity contribution is -0.131. The summed E-state index contributed by atoms with van der Waals surface area (Å²) in [5.74, 6) is 0.0142. The van der Waals surface area contributed by atoms with E-state index >= 15 is 0 Å². The van der Waals surface area contributed by atoms with E-state index < -0.39 is 10.0 Å². The second-order valence-corrected chi connectivity index (χ2v) is 13.4. The van der Waals surface area contributed by atoms with E-state index in [1.165, 1.54) is 11.2 Å². The first-order valence-corrected chi connectivity index (χ1v) is 15.3. The highest BCUT2D eigenvalue weighted by atomic mass is 32.2. The van der Waals surface area contributed by atoms with E-state index in [1.807, 2.05) is 31.2 Å². The first-order chi connectivity index (χ1) is 19.3. The molecule has 1 aliphatic heterocycles. The number of nitrogens with one attached hydrogen (secondary N) is 1. The number of aryl methyl sites for hydroxylation is 1. The Bertz CT molecular complexity index is 1490. The Labute approximate surface area is 243 Å². The van der Waals surface area contributed by atoms with Crippen LogP contribution in [0.1, 0.15) is 60.3 Å². The third-order valence-corrected chi connectivity index (χ3v) is 9.14. The number of hydrogen-bond acceptors (Lipinski definition) is 6. The zero-order chi connectivity index (χ0) is 29.8. The highest BCUT2D eigenvalue weighted by Gasteiger charge is 2.29. The zero-order valence-corrected chi connectivity index (χ0v) is 25.3. The number of amides is 1. The van der Waals surface area contributed by atoms with Crippen molar-refractivity contribution in [1.29, 1.82) is 0 Å². The van der Waals surface area contributed by atoms with Crippen LogP contribution in [0.25, 0.3) is 0 Å². The lowest BCUT2D eigenvalue weighted by Crippen LogP contribution is -2.45. The average Bonchev–Trinajstić information content (AvgIpc) is 2.92. The summed E-state index contributed by atoms with van der Waals surface area (Å²) in [7, 11) is -3.58. The number of sulfonamides is 1. The molecule has 9 heteroatoms. The van der Waals surface area contributed by atoms with Gasteiger partial charge in [-0.1, -0.05) is 35.9 Å². The minimum absolute atomic E-state index is 0.129. The summed E-state index contributed by atoms with van der Waals surface area (Å²) < 4.78 is 32.9. The summed E-state index contributed by atoms with van der Waals surface area (Å²) in [4.78, 5) is 26.8. The lowest BCUT2D eigenvalue weighted by Gasteiger charge is -2.36. The summed E-state index contributed by atoms with van der Waals surface area (Å²) in [6.07, 6.45) is 0.551. The van der Waals surface area contributed by atoms with E-state index in [0.717, 1.165) is 22.3 Å². The van der Waals surface area contributed by atoms with Gasteiger partial charge in [-0.3, -0.25) is 14.5 Å². The standard InChI is InChI=1S/C32H39N3O5S/c1-23-6-14-30(15-7-23)41(38,39)35-18-16-26-20-27(10-11-28(26)22-35)31(37)33-17-19-34(32(3,4)5)21-25-8-12-29(13-9-25)40-24(2)36/h6-15,20H,16-19,21-22H2,1-5H3,(H,33,37). The molecule has 3 aromatic carbocycles. The molecule has 0 aromatic heterocycles. The molecule has 1 amide bonds. The molecular weight excluding hydrogens is 538 g/mol. The molecule has 0 fully saturated rings. The maximum Gasteiger partial charge on any atom is 0.308 e. The number of rotatable bonds is 9. The van der Waals surface area contributed by atoms with Crippen LogP contribution in [0.3, 0.4) is 0 Å². The Balaban J connectivity index is 1.35. The van der Waals surface area contributed by atoms with Gasteiger partial charge in [-0.05, 0) is 87.2 Å². The topological polar surface area (TPSA) is 96.0 Å². The zero-order valence-electron chi connectivity index (χ0n) is 24.4. The molecule has 8 nitrogen and oxygen atoms in total. The van der Waals surface area contributed by atoms with E-state index in [1.54, 1.807) is 42.5 Å². The number of carbonyl (C=O) groups is 2.